The van der Waals surface area contributed by atoms with Crippen molar-refractivity contribution in [3.05, 3.63) is 35.9 Å². The third-order valence-corrected chi connectivity index (χ3v) is 5.91. The molecule has 1 aromatic carbocycles. The molecule has 0 spiro atoms. The molecule has 1 aliphatic heterocycles. The van der Waals surface area contributed by atoms with E-state index in [-0.39, 0.29) is 6.04 Å². The summed E-state index contributed by atoms with van der Waals surface area (Å²) >= 11 is 6.80. The van der Waals surface area contributed by atoms with Crippen LogP contribution in [0.1, 0.15) is 12.0 Å². The highest BCUT2D eigenvalue weighted by atomic mass is 32.3. The quantitative estimate of drug-likeness (QED) is 0.664. The fourth-order valence-electron chi connectivity index (χ4n) is 1.85. The molecular formula is C12H16NO2S3+. The van der Waals surface area contributed by atoms with Crippen molar-refractivity contribution < 1.29 is 8.76 Å². The molecule has 1 fully saturated rings. The van der Waals surface area contributed by atoms with Gasteiger partial charge < -0.3 is 5.32 Å². The SMILES string of the molecule is O=[S+]1(O)CC[C@H](NC(=S)SCc2ccccc2)C1. The average Bonchev–Trinajstić information content (AvgIpc) is 2.67. The van der Waals surface area contributed by atoms with Gasteiger partial charge in [-0.1, -0.05) is 58.5 Å². The Morgan fingerprint density at radius 2 is 2.22 bits per heavy atom. The predicted octanol–water partition coefficient (Wildman–Crippen LogP) is 2.54. The Morgan fingerprint density at radius 1 is 1.50 bits per heavy atom. The molecule has 6 heteroatoms. The zero-order valence-corrected chi connectivity index (χ0v) is 12.3. The van der Waals surface area contributed by atoms with Gasteiger partial charge in [0.1, 0.15) is 10.1 Å². The van der Waals surface area contributed by atoms with Crippen LogP contribution in [-0.4, -0.2) is 26.4 Å². The maximum atomic E-state index is 11.4. The highest BCUT2D eigenvalue weighted by Crippen LogP contribution is 2.19. The summed E-state index contributed by atoms with van der Waals surface area (Å²) in [5, 5.41) is 3.16. The van der Waals surface area contributed by atoms with E-state index in [2.05, 4.69) is 17.4 Å². The van der Waals surface area contributed by atoms with Crippen molar-refractivity contribution in [2.24, 2.45) is 0 Å². The Labute approximate surface area is 118 Å². The first kappa shape index (κ1) is 14.0. The van der Waals surface area contributed by atoms with Crippen LogP contribution in [0.15, 0.2) is 30.3 Å². The second-order valence-electron chi connectivity index (χ2n) is 4.34. The van der Waals surface area contributed by atoms with Gasteiger partial charge in [0.25, 0.3) is 0 Å². The summed E-state index contributed by atoms with van der Waals surface area (Å²) < 4.78 is 21.6. The molecule has 2 N–H and O–H groups in total. The summed E-state index contributed by atoms with van der Waals surface area (Å²) in [6.45, 7) is 0. The number of rotatable bonds is 3. The van der Waals surface area contributed by atoms with Crippen LogP contribution >= 0.6 is 24.0 Å². The summed E-state index contributed by atoms with van der Waals surface area (Å²) in [7, 11) is -2.59. The minimum Gasteiger partial charge on any atom is -0.363 e. The molecule has 1 heterocycles. The van der Waals surface area contributed by atoms with Crippen molar-refractivity contribution >= 4 is 38.5 Å². The summed E-state index contributed by atoms with van der Waals surface area (Å²) in [6, 6.07) is 10.2. The first-order valence-electron chi connectivity index (χ1n) is 5.74. The van der Waals surface area contributed by atoms with Gasteiger partial charge in [-0.3, -0.25) is 0 Å². The summed E-state index contributed by atoms with van der Waals surface area (Å²) in [5.41, 5.74) is 1.23. The molecule has 2 atom stereocenters. The molecule has 0 radical (unpaired) electrons. The molecule has 0 saturated carbocycles. The Morgan fingerprint density at radius 3 is 2.83 bits per heavy atom. The number of nitrogens with one attached hydrogen (secondary N) is 1. The lowest BCUT2D eigenvalue weighted by Gasteiger charge is -2.11. The van der Waals surface area contributed by atoms with Crippen LogP contribution in [-0.2, 0) is 20.2 Å². The molecule has 18 heavy (non-hydrogen) atoms. The van der Waals surface area contributed by atoms with E-state index in [1.54, 1.807) is 11.8 Å². The molecule has 0 amide bonds. The van der Waals surface area contributed by atoms with Crippen LogP contribution in [0, 0.1) is 0 Å². The largest absolute Gasteiger partial charge is 0.363 e. The van der Waals surface area contributed by atoms with Gasteiger partial charge in [-0.2, -0.15) is 4.55 Å². The molecule has 0 aromatic heterocycles. The standard InChI is InChI=1S/C12H15NO2S3/c14-18(15)7-6-11(9-18)13-12(16)17-8-10-4-2-1-3-5-10/h1-5,11H,6-9H2,(H-,13,14,15,16)/p+1/t11-/m0/s1. The predicted molar refractivity (Wildman–Crippen MR) is 82.3 cm³/mol. The van der Waals surface area contributed by atoms with Crippen LogP contribution in [0.4, 0.5) is 0 Å². The Kier molecular flexibility index (Phi) is 4.77. The van der Waals surface area contributed by atoms with Crippen molar-refractivity contribution in [2.45, 2.75) is 18.2 Å². The smallest absolute Gasteiger partial charge is 0.216 e. The van der Waals surface area contributed by atoms with E-state index >= 15 is 0 Å². The highest BCUT2D eigenvalue weighted by molar-refractivity contribution is 8.22. The number of benzene rings is 1. The van der Waals surface area contributed by atoms with Crippen LogP contribution in [0.25, 0.3) is 0 Å². The molecule has 0 bridgehead atoms. The van der Waals surface area contributed by atoms with Gasteiger partial charge in [-0.25, -0.2) is 0 Å². The first-order valence-corrected chi connectivity index (χ1v) is 8.99. The number of thioether (sulfide) groups is 1. The van der Waals surface area contributed by atoms with E-state index in [4.69, 9.17) is 12.2 Å². The normalized spacial score (nSPS) is 27.1. The number of thiocarbonyl (C=S) groups is 1. The van der Waals surface area contributed by atoms with E-state index < -0.39 is 10.2 Å². The van der Waals surface area contributed by atoms with E-state index in [0.29, 0.717) is 15.8 Å². The van der Waals surface area contributed by atoms with Gasteiger partial charge in [-0.15, -0.1) is 0 Å². The van der Waals surface area contributed by atoms with E-state index in [1.165, 1.54) is 5.56 Å². The molecule has 1 saturated heterocycles. The van der Waals surface area contributed by atoms with Gasteiger partial charge in [0.2, 0.25) is 10.2 Å². The van der Waals surface area contributed by atoms with Gasteiger partial charge in [0, 0.05) is 12.2 Å². The minimum atomic E-state index is -2.59. The molecule has 2 rings (SSSR count). The van der Waals surface area contributed by atoms with Crippen LogP contribution in [0.3, 0.4) is 0 Å². The highest BCUT2D eigenvalue weighted by Gasteiger charge is 2.38. The van der Waals surface area contributed by atoms with Crippen molar-refractivity contribution in [3.63, 3.8) is 0 Å². The lowest BCUT2D eigenvalue weighted by Crippen LogP contribution is -2.33. The van der Waals surface area contributed by atoms with Crippen molar-refractivity contribution in [2.75, 3.05) is 11.5 Å². The zero-order chi connectivity index (χ0) is 13.0. The van der Waals surface area contributed by atoms with Crippen LogP contribution in [0.5, 0.6) is 0 Å². The minimum absolute atomic E-state index is 0.0540. The van der Waals surface area contributed by atoms with E-state index in [1.807, 2.05) is 18.2 Å². The topological polar surface area (TPSA) is 49.3 Å². The Balaban J connectivity index is 1.75. The molecular weight excluding hydrogens is 286 g/mol. The average molecular weight is 302 g/mol. The molecule has 1 unspecified atom stereocenters. The monoisotopic (exact) mass is 302 g/mol. The van der Waals surface area contributed by atoms with Gasteiger partial charge in [0.05, 0.1) is 6.04 Å². The van der Waals surface area contributed by atoms with Gasteiger partial charge in [-0.05, 0) is 5.56 Å². The van der Waals surface area contributed by atoms with Gasteiger partial charge >= 0.3 is 0 Å². The summed E-state index contributed by atoms with van der Waals surface area (Å²) in [5.74, 6) is 1.53. The fraction of sp³-hybridized carbons (Fsp3) is 0.417. The fourth-order valence-corrected chi connectivity index (χ4v) is 4.63. The maximum absolute atomic E-state index is 11.4. The Hall–Kier alpha value is -0.430. The Bertz CT molecular complexity index is 464. The lowest BCUT2D eigenvalue weighted by molar-refractivity contribution is 0.502. The molecule has 1 aliphatic rings. The lowest BCUT2D eigenvalue weighted by atomic mass is 10.2. The van der Waals surface area contributed by atoms with Crippen molar-refractivity contribution in [1.29, 1.82) is 0 Å². The first-order chi connectivity index (χ1) is 8.55. The van der Waals surface area contributed by atoms with Crippen molar-refractivity contribution in [3.8, 4) is 0 Å². The zero-order valence-electron chi connectivity index (χ0n) is 9.87. The molecule has 98 valence electrons. The summed E-state index contributed by atoms with van der Waals surface area (Å²) in [6.07, 6.45) is 0.724. The molecule has 3 nitrogen and oxygen atoms in total. The van der Waals surface area contributed by atoms with Crippen LogP contribution in [0.2, 0.25) is 0 Å². The van der Waals surface area contributed by atoms with E-state index in [0.717, 1.165) is 12.2 Å². The number of hydrogen-bond donors (Lipinski definition) is 2. The molecule has 1 aromatic rings. The van der Waals surface area contributed by atoms with Gasteiger partial charge in [0.15, 0.2) is 5.75 Å². The summed E-state index contributed by atoms with van der Waals surface area (Å²) in [4.78, 5) is 0. The van der Waals surface area contributed by atoms with E-state index in [9.17, 15) is 8.76 Å². The maximum Gasteiger partial charge on any atom is 0.216 e. The van der Waals surface area contributed by atoms with Crippen LogP contribution < -0.4 is 5.32 Å². The second-order valence-corrected chi connectivity index (χ2v) is 8.27. The van der Waals surface area contributed by atoms with Crippen molar-refractivity contribution in [1.82, 2.24) is 5.32 Å². The third-order valence-electron chi connectivity index (χ3n) is 2.78. The third kappa shape index (κ3) is 4.35. The second kappa shape index (κ2) is 6.14. The number of hydrogen-bond acceptors (Lipinski definition) is 3. The molecule has 0 aliphatic carbocycles.